The third-order valence-electron chi connectivity index (χ3n) is 7.71. The fourth-order valence-electron chi connectivity index (χ4n) is 5.10. The van der Waals surface area contributed by atoms with Crippen LogP contribution in [0.1, 0.15) is 46.5 Å². The van der Waals surface area contributed by atoms with Gasteiger partial charge in [-0.1, -0.05) is 48.5 Å². The fourth-order valence-corrected chi connectivity index (χ4v) is 6.24. The van der Waals surface area contributed by atoms with Gasteiger partial charge < -0.3 is 25.7 Å². The van der Waals surface area contributed by atoms with Crippen LogP contribution in [0.5, 0.6) is 5.75 Å². The van der Waals surface area contributed by atoms with Crippen LogP contribution in [-0.4, -0.2) is 61.6 Å². The zero-order valence-corrected chi connectivity index (χ0v) is 24.9. The van der Waals surface area contributed by atoms with Gasteiger partial charge in [0.05, 0.1) is 11.9 Å². The molecule has 8 nitrogen and oxygen atoms in total. The fraction of sp³-hybridized carbons (Fsp3) is 0.344. The third-order valence-corrected chi connectivity index (χ3v) is 9.08. The number of phenols is 1. The van der Waals surface area contributed by atoms with Gasteiger partial charge in [-0.25, -0.2) is 4.39 Å². The number of amides is 3. The molecule has 1 aliphatic heterocycles. The first kappa shape index (κ1) is 31.1. The molecule has 4 rings (SSSR count). The Morgan fingerprint density at radius 3 is 2.43 bits per heavy atom. The molecule has 0 unspecified atom stereocenters. The average molecular weight is 594 g/mol. The number of aliphatic hydroxyl groups excluding tert-OH is 1. The number of aliphatic hydroxyl groups is 1. The predicted octanol–water partition coefficient (Wildman–Crippen LogP) is 3.85. The maximum absolute atomic E-state index is 14.0. The summed E-state index contributed by atoms with van der Waals surface area (Å²) in [5.41, 5.74) is 2.44. The monoisotopic (exact) mass is 593 g/mol. The van der Waals surface area contributed by atoms with E-state index in [4.69, 9.17) is 0 Å². The summed E-state index contributed by atoms with van der Waals surface area (Å²) in [4.78, 5) is 41.9. The van der Waals surface area contributed by atoms with E-state index in [1.54, 1.807) is 38.1 Å². The largest absolute Gasteiger partial charge is 0.508 e. The van der Waals surface area contributed by atoms with Crippen LogP contribution in [0.4, 0.5) is 4.39 Å². The average Bonchev–Trinajstić information content (AvgIpc) is 3.29. The van der Waals surface area contributed by atoms with Crippen LogP contribution in [0.15, 0.2) is 66.7 Å². The molecule has 1 fully saturated rings. The summed E-state index contributed by atoms with van der Waals surface area (Å²) >= 11 is 1.41. The topological polar surface area (TPSA) is 119 Å². The molecule has 3 amide bonds. The Labute approximate surface area is 249 Å². The van der Waals surface area contributed by atoms with Gasteiger partial charge >= 0.3 is 0 Å². The number of thioether (sulfide) groups is 1. The van der Waals surface area contributed by atoms with Crippen LogP contribution < -0.4 is 10.6 Å². The van der Waals surface area contributed by atoms with Crippen molar-refractivity contribution in [1.29, 1.82) is 0 Å². The second-order valence-electron chi connectivity index (χ2n) is 11.0. The van der Waals surface area contributed by atoms with Crippen molar-refractivity contribution in [1.82, 2.24) is 15.5 Å². The number of carbonyl (C=O) groups excluding carboxylic acids is 3. The quantitative estimate of drug-likeness (QED) is 0.299. The number of aromatic hydroxyl groups is 1. The molecule has 1 heterocycles. The lowest BCUT2D eigenvalue weighted by molar-refractivity contribution is -0.147. The van der Waals surface area contributed by atoms with Crippen LogP contribution in [0.25, 0.3) is 0 Å². The molecule has 3 atom stereocenters. The van der Waals surface area contributed by atoms with Crippen molar-refractivity contribution in [3.63, 3.8) is 0 Å². The maximum atomic E-state index is 14.0. The summed E-state index contributed by atoms with van der Waals surface area (Å²) < 4.78 is 13.3. The van der Waals surface area contributed by atoms with Crippen LogP contribution >= 0.6 is 11.8 Å². The molecule has 0 aromatic heterocycles. The van der Waals surface area contributed by atoms with Crippen LogP contribution in [0.3, 0.4) is 0 Å². The van der Waals surface area contributed by atoms with Gasteiger partial charge in [0.2, 0.25) is 5.91 Å². The van der Waals surface area contributed by atoms with Gasteiger partial charge in [0, 0.05) is 22.4 Å². The molecular weight excluding hydrogens is 557 g/mol. The SMILES string of the molecule is Cc1c(F)cccc1CNC(=O)[C@H]1N(C(=O)[C@@H](O)[C@H](Cc2ccccc2)NC(=O)c2cccc(O)c2C)CSC1(C)C. The summed E-state index contributed by atoms with van der Waals surface area (Å²) in [5.74, 6) is -1.91. The summed E-state index contributed by atoms with van der Waals surface area (Å²) in [5, 5.41) is 27.1. The van der Waals surface area contributed by atoms with Crippen molar-refractivity contribution in [2.75, 3.05) is 5.88 Å². The number of hydrogen-bond acceptors (Lipinski definition) is 6. The normalized spacial score (nSPS) is 17.4. The van der Waals surface area contributed by atoms with Crippen molar-refractivity contribution in [2.45, 2.75) is 63.6 Å². The van der Waals surface area contributed by atoms with Crippen molar-refractivity contribution in [3.8, 4) is 5.75 Å². The molecule has 42 heavy (non-hydrogen) atoms. The minimum Gasteiger partial charge on any atom is -0.508 e. The molecule has 0 aliphatic carbocycles. The molecule has 3 aromatic rings. The minimum absolute atomic E-state index is 0.0440. The zero-order chi connectivity index (χ0) is 30.6. The second kappa shape index (κ2) is 13.0. The molecule has 1 aliphatic rings. The van der Waals surface area contributed by atoms with E-state index < -0.39 is 40.7 Å². The molecular formula is C32H36FN3O5S. The Bertz CT molecular complexity index is 1470. The van der Waals surface area contributed by atoms with Gasteiger partial charge in [0.15, 0.2) is 6.10 Å². The highest BCUT2D eigenvalue weighted by Gasteiger charge is 2.49. The Hall–Kier alpha value is -3.89. The first-order valence-electron chi connectivity index (χ1n) is 13.7. The molecule has 0 spiro atoms. The Kier molecular flexibility index (Phi) is 9.58. The smallest absolute Gasteiger partial charge is 0.254 e. The lowest BCUT2D eigenvalue weighted by Gasteiger charge is -2.33. The molecule has 0 bridgehead atoms. The number of benzene rings is 3. The van der Waals surface area contributed by atoms with E-state index >= 15 is 0 Å². The van der Waals surface area contributed by atoms with Gasteiger partial charge in [0.1, 0.15) is 17.6 Å². The lowest BCUT2D eigenvalue weighted by atomic mass is 9.96. The van der Waals surface area contributed by atoms with E-state index in [1.807, 2.05) is 44.2 Å². The van der Waals surface area contributed by atoms with Crippen molar-refractivity contribution in [2.24, 2.45) is 0 Å². The van der Waals surface area contributed by atoms with E-state index in [-0.39, 0.29) is 36.0 Å². The van der Waals surface area contributed by atoms with Crippen molar-refractivity contribution < 1.29 is 29.0 Å². The number of rotatable bonds is 9. The van der Waals surface area contributed by atoms with E-state index in [9.17, 15) is 29.0 Å². The number of hydrogen-bond donors (Lipinski definition) is 4. The standard InChI is InChI=1S/C32H36FN3O5S/c1-19-22(12-8-14-24(19)33)17-34-30(40)28-32(3,4)42-18-36(28)31(41)27(38)25(16-21-10-6-5-7-11-21)35-29(39)23-13-9-15-26(37)20(23)2/h5-15,25,27-28,37-38H,16-18H2,1-4H3,(H,34,40)(H,35,39)/t25-,27-,28+/m0/s1. The first-order chi connectivity index (χ1) is 19.9. The van der Waals surface area contributed by atoms with Crippen LogP contribution in [-0.2, 0) is 22.6 Å². The molecule has 10 heteroatoms. The van der Waals surface area contributed by atoms with Gasteiger partial charge in [-0.3, -0.25) is 14.4 Å². The number of nitrogens with zero attached hydrogens (tertiary/aromatic N) is 1. The Morgan fingerprint density at radius 2 is 1.71 bits per heavy atom. The summed E-state index contributed by atoms with van der Waals surface area (Å²) in [6.45, 7) is 7.03. The third kappa shape index (κ3) is 6.77. The molecule has 0 saturated carbocycles. The van der Waals surface area contributed by atoms with Crippen molar-refractivity contribution in [3.05, 3.63) is 100 Å². The predicted molar refractivity (Wildman–Crippen MR) is 160 cm³/mol. The van der Waals surface area contributed by atoms with E-state index in [0.29, 0.717) is 16.7 Å². The Morgan fingerprint density at radius 1 is 1.02 bits per heavy atom. The van der Waals surface area contributed by atoms with Gasteiger partial charge in [-0.2, -0.15) is 0 Å². The number of carbonyl (C=O) groups is 3. The summed E-state index contributed by atoms with van der Waals surface area (Å²) in [7, 11) is 0. The van der Waals surface area contributed by atoms with Crippen LogP contribution in [0, 0.1) is 19.7 Å². The summed E-state index contributed by atoms with van der Waals surface area (Å²) in [6, 6.07) is 16.4. The molecule has 1 saturated heterocycles. The highest BCUT2D eigenvalue weighted by Crippen LogP contribution is 2.40. The van der Waals surface area contributed by atoms with Gasteiger partial charge in [-0.05, 0) is 69.0 Å². The highest BCUT2D eigenvalue weighted by atomic mass is 32.2. The molecule has 3 aromatic carbocycles. The van der Waals surface area contributed by atoms with E-state index in [1.165, 1.54) is 28.8 Å². The van der Waals surface area contributed by atoms with Crippen LogP contribution in [0.2, 0.25) is 0 Å². The minimum atomic E-state index is -1.66. The van der Waals surface area contributed by atoms with E-state index in [0.717, 1.165) is 5.56 Å². The first-order valence-corrected chi connectivity index (χ1v) is 14.7. The molecule has 0 radical (unpaired) electrons. The highest BCUT2D eigenvalue weighted by molar-refractivity contribution is 8.00. The zero-order valence-electron chi connectivity index (χ0n) is 24.1. The number of halogens is 1. The lowest BCUT2D eigenvalue weighted by Crippen LogP contribution is -2.58. The van der Waals surface area contributed by atoms with E-state index in [2.05, 4.69) is 10.6 Å². The maximum Gasteiger partial charge on any atom is 0.254 e. The molecule has 4 N–H and O–H groups in total. The van der Waals surface area contributed by atoms with Gasteiger partial charge in [-0.15, -0.1) is 11.8 Å². The number of phenolic OH excluding ortho intramolecular Hbond substituents is 1. The Balaban J connectivity index is 1.56. The second-order valence-corrected chi connectivity index (χ2v) is 12.6. The molecule has 222 valence electrons. The van der Waals surface area contributed by atoms with Gasteiger partial charge in [0.25, 0.3) is 11.8 Å². The summed E-state index contributed by atoms with van der Waals surface area (Å²) in [6.07, 6.45) is -1.51. The number of nitrogens with one attached hydrogen (secondary N) is 2. The van der Waals surface area contributed by atoms with Crippen molar-refractivity contribution >= 4 is 29.5 Å².